The predicted octanol–water partition coefficient (Wildman–Crippen LogP) is 1.85. The lowest BCUT2D eigenvalue weighted by atomic mass is 9.98. The maximum Gasteiger partial charge on any atom is 0.418 e. The SMILES string of the molecule is CC(C)CCN1C(=O)OC(=O)C2CNC(c3ccccc3)NC21. The van der Waals surface area contributed by atoms with Crippen LogP contribution in [0, 0.1) is 11.8 Å². The van der Waals surface area contributed by atoms with Gasteiger partial charge in [0.15, 0.2) is 0 Å². The molecule has 2 aliphatic heterocycles. The molecule has 0 aromatic heterocycles. The number of ether oxygens (including phenoxy) is 1. The summed E-state index contributed by atoms with van der Waals surface area (Å²) in [7, 11) is 0. The molecular formula is C17H23N3O3. The first kappa shape index (κ1) is 16.0. The molecule has 3 atom stereocenters. The Kier molecular flexibility index (Phi) is 4.63. The van der Waals surface area contributed by atoms with E-state index in [1.165, 1.54) is 0 Å². The third-order valence-corrected chi connectivity index (χ3v) is 4.40. The summed E-state index contributed by atoms with van der Waals surface area (Å²) in [6, 6.07) is 9.95. The van der Waals surface area contributed by atoms with Crippen LogP contribution in [0.25, 0.3) is 0 Å². The van der Waals surface area contributed by atoms with Crippen LogP contribution in [0.2, 0.25) is 0 Å². The van der Waals surface area contributed by atoms with Crippen LogP contribution in [0.1, 0.15) is 32.0 Å². The molecule has 2 heterocycles. The smallest absolute Gasteiger partial charge is 0.376 e. The van der Waals surface area contributed by atoms with Gasteiger partial charge in [-0.3, -0.25) is 20.3 Å². The van der Waals surface area contributed by atoms with Gasteiger partial charge in [0.25, 0.3) is 0 Å². The zero-order chi connectivity index (χ0) is 16.4. The minimum absolute atomic E-state index is 0.0855. The number of hydrogen-bond donors (Lipinski definition) is 2. The van der Waals surface area contributed by atoms with Gasteiger partial charge in [-0.2, -0.15) is 0 Å². The number of esters is 1. The van der Waals surface area contributed by atoms with Gasteiger partial charge in [-0.25, -0.2) is 4.79 Å². The quantitative estimate of drug-likeness (QED) is 0.655. The molecule has 23 heavy (non-hydrogen) atoms. The zero-order valence-corrected chi connectivity index (χ0v) is 13.5. The Hall–Kier alpha value is -1.92. The minimum Gasteiger partial charge on any atom is -0.376 e. The van der Waals surface area contributed by atoms with Crippen molar-refractivity contribution in [2.75, 3.05) is 13.1 Å². The van der Waals surface area contributed by atoms with Gasteiger partial charge in [0.05, 0.1) is 6.17 Å². The Morgan fingerprint density at radius 3 is 2.70 bits per heavy atom. The third-order valence-electron chi connectivity index (χ3n) is 4.40. The van der Waals surface area contributed by atoms with E-state index in [2.05, 4.69) is 24.5 Å². The molecule has 3 unspecified atom stereocenters. The van der Waals surface area contributed by atoms with Gasteiger partial charge in [0, 0.05) is 13.1 Å². The highest BCUT2D eigenvalue weighted by Crippen LogP contribution is 2.26. The Morgan fingerprint density at radius 1 is 1.26 bits per heavy atom. The van der Waals surface area contributed by atoms with Crippen molar-refractivity contribution >= 4 is 12.1 Å². The Labute approximate surface area is 136 Å². The fourth-order valence-corrected chi connectivity index (χ4v) is 3.04. The molecule has 3 rings (SSSR count). The van der Waals surface area contributed by atoms with E-state index in [0.717, 1.165) is 12.0 Å². The van der Waals surface area contributed by atoms with Gasteiger partial charge in [-0.15, -0.1) is 0 Å². The van der Waals surface area contributed by atoms with E-state index in [4.69, 9.17) is 4.74 Å². The van der Waals surface area contributed by atoms with Gasteiger partial charge in [-0.05, 0) is 17.9 Å². The van der Waals surface area contributed by atoms with Crippen molar-refractivity contribution in [3.8, 4) is 0 Å². The van der Waals surface area contributed by atoms with E-state index in [1.54, 1.807) is 4.90 Å². The summed E-state index contributed by atoms with van der Waals surface area (Å²) in [5.74, 6) is -0.349. The number of benzene rings is 1. The van der Waals surface area contributed by atoms with Crippen LogP contribution >= 0.6 is 0 Å². The van der Waals surface area contributed by atoms with Crippen molar-refractivity contribution in [3.05, 3.63) is 35.9 Å². The molecule has 2 saturated heterocycles. The largest absolute Gasteiger partial charge is 0.418 e. The van der Waals surface area contributed by atoms with E-state index >= 15 is 0 Å². The normalized spacial score (nSPS) is 27.8. The molecule has 124 valence electrons. The van der Waals surface area contributed by atoms with E-state index in [-0.39, 0.29) is 18.2 Å². The number of cyclic esters (lactones) is 2. The highest BCUT2D eigenvalue weighted by molar-refractivity contribution is 5.89. The van der Waals surface area contributed by atoms with E-state index in [1.807, 2.05) is 30.3 Å². The maximum absolute atomic E-state index is 12.1. The van der Waals surface area contributed by atoms with E-state index < -0.39 is 12.1 Å². The molecule has 2 aliphatic rings. The number of nitrogens with zero attached hydrogens (tertiary/aromatic N) is 1. The second-order valence-electron chi connectivity index (χ2n) is 6.53. The number of carbonyl (C=O) groups is 2. The summed E-state index contributed by atoms with van der Waals surface area (Å²) in [5, 5.41) is 6.71. The fraction of sp³-hybridized carbons (Fsp3) is 0.529. The topological polar surface area (TPSA) is 70.7 Å². The molecule has 1 aromatic rings. The lowest BCUT2D eigenvalue weighted by molar-refractivity contribution is -0.154. The van der Waals surface area contributed by atoms with Crippen LogP contribution in [0.5, 0.6) is 0 Å². The average Bonchev–Trinajstić information content (AvgIpc) is 2.54. The molecule has 2 fully saturated rings. The van der Waals surface area contributed by atoms with Crippen molar-refractivity contribution in [3.63, 3.8) is 0 Å². The number of nitrogens with one attached hydrogen (secondary N) is 2. The Balaban J connectivity index is 1.78. The molecule has 1 amide bonds. The van der Waals surface area contributed by atoms with Crippen molar-refractivity contribution in [1.82, 2.24) is 15.5 Å². The second-order valence-corrected chi connectivity index (χ2v) is 6.53. The first-order valence-corrected chi connectivity index (χ1v) is 8.13. The van der Waals surface area contributed by atoms with E-state index in [0.29, 0.717) is 19.0 Å². The summed E-state index contributed by atoms with van der Waals surface area (Å²) >= 11 is 0. The predicted molar refractivity (Wildman–Crippen MR) is 85.2 cm³/mol. The molecule has 6 nitrogen and oxygen atoms in total. The molecule has 0 bridgehead atoms. The van der Waals surface area contributed by atoms with Crippen LogP contribution in [-0.4, -0.2) is 36.2 Å². The van der Waals surface area contributed by atoms with Gasteiger partial charge in [0.1, 0.15) is 12.1 Å². The Morgan fingerprint density at radius 2 is 2.00 bits per heavy atom. The fourth-order valence-electron chi connectivity index (χ4n) is 3.04. The molecular weight excluding hydrogens is 294 g/mol. The molecule has 0 aliphatic carbocycles. The molecule has 2 N–H and O–H groups in total. The van der Waals surface area contributed by atoms with Gasteiger partial charge >= 0.3 is 12.1 Å². The molecule has 0 spiro atoms. The molecule has 0 radical (unpaired) electrons. The lowest BCUT2D eigenvalue weighted by Crippen LogP contribution is -2.67. The van der Waals surface area contributed by atoms with Crippen LogP contribution < -0.4 is 10.6 Å². The summed E-state index contributed by atoms with van der Waals surface area (Å²) in [4.78, 5) is 25.8. The third kappa shape index (κ3) is 3.38. The van der Waals surface area contributed by atoms with Gasteiger partial charge in [0.2, 0.25) is 0 Å². The van der Waals surface area contributed by atoms with Crippen LogP contribution in [0.4, 0.5) is 4.79 Å². The van der Waals surface area contributed by atoms with Crippen LogP contribution in [0.3, 0.4) is 0 Å². The summed E-state index contributed by atoms with van der Waals surface area (Å²) in [5.41, 5.74) is 1.08. The van der Waals surface area contributed by atoms with Crippen molar-refractivity contribution < 1.29 is 14.3 Å². The lowest BCUT2D eigenvalue weighted by Gasteiger charge is -2.45. The molecule has 0 saturated carbocycles. The highest BCUT2D eigenvalue weighted by atomic mass is 16.6. The van der Waals surface area contributed by atoms with Crippen molar-refractivity contribution in [1.29, 1.82) is 0 Å². The minimum atomic E-state index is -0.543. The number of fused-ring (bicyclic) bond motifs is 1. The zero-order valence-electron chi connectivity index (χ0n) is 13.5. The number of amides is 1. The molecule has 6 heteroatoms. The van der Waals surface area contributed by atoms with Gasteiger partial charge in [-0.1, -0.05) is 44.2 Å². The van der Waals surface area contributed by atoms with Gasteiger partial charge < -0.3 is 4.74 Å². The summed E-state index contributed by atoms with van der Waals surface area (Å²) in [6.45, 7) is 5.29. The van der Waals surface area contributed by atoms with E-state index in [9.17, 15) is 9.59 Å². The highest BCUT2D eigenvalue weighted by Gasteiger charge is 2.46. The Bertz CT molecular complexity index is 576. The first-order chi connectivity index (χ1) is 11.1. The second kappa shape index (κ2) is 6.68. The van der Waals surface area contributed by atoms with Crippen LogP contribution in [0.15, 0.2) is 30.3 Å². The standard InChI is InChI=1S/C17H23N3O3/c1-11(2)8-9-20-15-13(16(21)23-17(20)22)10-18-14(19-15)12-6-4-3-5-7-12/h3-7,11,13-15,18-19H,8-10H2,1-2H3. The number of rotatable bonds is 4. The van der Waals surface area contributed by atoms with Crippen molar-refractivity contribution in [2.24, 2.45) is 11.8 Å². The monoisotopic (exact) mass is 317 g/mol. The number of hydrogen-bond acceptors (Lipinski definition) is 5. The average molecular weight is 317 g/mol. The van der Waals surface area contributed by atoms with Crippen molar-refractivity contribution in [2.45, 2.75) is 32.6 Å². The number of carbonyl (C=O) groups excluding carboxylic acids is 2. The first-order valence-electron chi connectivity index (χ1n) is 8.13. The summed E-state index contributed by atoms with van der Waals surface area (Å²) < 4.78 is 4.91. The maximum atomic E-state index is 12.1. The summed E-state index contributed by atoms with van der Waals surface area (Å²) in [6.07, 6.45) is -0.0813. The van der Waals surface area contributed by atoms with Crippen LogP contribution in [-0.2, 0) is 9.53 Å². The molecule has 1 aromatic carbocycles.